The molecule has 8 heteroatoms. The number of hydrogen-bond acceptors (Lipinski definition) is 5. The minimum absolute atomic E-state index is 0.160. The van der Waals surface area contributed by atoms with Crippen LogP contribution in [0, 0.1) is 0 Å². The quantitative estimate of drug-likeness (QED) is 0.421. The van der Waals surface area contributed by atoms with E-state index in [-0.39, 0.29) is 11.0 Å². The summed E-state index contributed by atoms with van der Waals surface area (Å²) in [6, 6.07) is 12.6. The zero-order chi connectivity index (χ0) is 20.4. The van der Waals surface area contributed by atoms with Crippen LogP contribution in [0.2, 0.25) is 0 Å². The lowest BCUT2D eigenvalue weighted by Crippen LogP contribution is -2.34. The summed E-state index contributed by atoms with van der Waals surface area (Å²) in [5.74, 6) is 0.749. The molecule has 0 atom stereocenters. The smallest absolute Gasteiger partial charge is 0.261 e. The number of ether oxygens (including phenoxy) is 3. The summed E-state index contributed by atoms with van der Waals surface area (Å²) >= 11 is 8.66. The first-order valence-electron chi connectivity index (χ1n) is 8.89. The van der Waals surface area contributed by atoms with Crippen LogP contribution in [-0.4, -0.2) is 37.4 Å². The third-order valence-electron chi connectivity index (χ3n) is 3.54. The molecule has 1 amide bonds. The largest absolute Gasteiger partial charge is 0.493 e. The Hall–Kier alpha value is -2.16. The standard InChI is InChI=1S/C20H23BrN2O4S/c1-3-25-11-12-27-18-8-6-5-7-16(18)22-20(28)23-19(24)15-13-14(21)9-10-17(15)26-4-2/h5-10,13H,3-4,11-12H2,1-2H3,(H2,22,23,24,28). The van der Waals surface area contributed by atoms with Crippen molar-refractivity contribution in [2.45, 2.75) is 13.8 Å². The fourth-order valence-electron chi connectivity index (χ4n) is 2.34. The molecule has 0 aliphatic rings. The first-order valence-corrected chi connectivity index (χ1v) is 10.1. The van der Waals surface area contributed by atoms with Crippen molar-refractivity contribution < 1.29 is 19.0 Å². The van der Waals surface area contributed by atoms with Gasteiger partial charge in [0, 0.05) is 11.1 Å². The monoisotopic (exact) mass is 466 g/mol. The van der Waals surface area contributed by atoms with E-state index < -0.39 is 0 Å². The minimum Gasteiger partial charge on any atom is -0.493 e. The molecule has 0 aliphatic carbocycles. The summed E-state index contributed by atoms with van der Waals surface area (Å²) in [6.07, 6.45) is 0. The Morgan fingerprint density at radius 2 is 1.82 bits per heavy atom. The molecule has 0 saturated carbocycles. The first-order chi connectivity index (χ1) is 13.5. The second kappa shape index (κ2) is 11.6. The molecule has 150 valence electrons. The average Bonchev–Trinajstić information content (AvgIpc) is 2.68. The van der Waals surface area contributed by atoms with Gasteiger partial charge < -0.3 is 19.5 Å². The number of anilines is 1. The number of halogens is 1. The van der Waals surface area contributed by atoms with Crippen LogP contribution in [0.25, 0.3) is 0 Å². The molecule has 0 unspecified atom stereocenters. The maximum absolute atomic E-state index is 12.6. The molecule has 0 aliphatic heterocycles. The van der Waals surface area contributed by atoms with E-state index in [0.717, 1.165) is 4.47 Å². The van der Waals surface area contributed by atoms with Crippen molar-refractivity contribution in [3.63, 3.8) is 0 Å². The van der Waals surface area contributed by atoms with Gasteiger partial charge in [0.1, 0.15) is 18.1 Å². The molecule has 2 rings (SSSR count). The number of carbonyl (C=O) groups is 1. The van der Waals surface area contributed by atoms with Gasteiger partial charge in [0.15, 0.2) is 5.11 Å². The number of hydrogen-bond donors (Lipinski definition) is 2. The summed E-state index contributed by atoms with van der Waals surface area (Å²) in [5.41, 5.74) is 1.05. The fourth-order valence-corrected chi connectivity index (χ4v) is 2.90. The molecule has 0 heterocycles. The van der Waals surface area contributed by atoms with Crippen LogP contribution in [0.4, 0.5) is 5.69 Å². The SMILES string of the molecule is CCOCCOc1ccccc1NC(=S)NC(=O)c1cc(Br)ccc1OCC. The van der Waals surface area contributed by atoms with Gasteiger partial charge in [-0.3, -0.25) is 10.1 Å². The highest BCUT2D eigenvalue weighted by Crippen LogP contribution is 2.25. The number of benzene rings is 2. The van der Waals surface area contributed by atoms with Gasteiger partial charge in [0.05, 0.1) is 24.5 Å². The van der Waals surface area contributed by atoms with Crippen LogP contribution < -0.4 is 20.1 Å². The summed E-state index contributed by atoms with van der Waals surface area (Å²) in [6.45, 7) is 5.80. The molecule has 2 aromatic carbocycles. The Morgan fingerprint density at radius 3 is 2.57 bits per heavy atom. The minimum atomic E-state index is -0.364. The summed E-state index contributed by atoms with van der Waals surface area (Å²) in [5, 5.41) is 5.83. The van der Waals surface area contributed by atoms with E-state index in [1.807, 2.05) is 44.2 Å². The van der Waals surface area contributed by atoms with E-state index in [2.05, 4.69) is 26.6 Å². The molecule has 0 fully saturated rings. The van der Waals surface area contributed by atoms with Crippen LogP contribution >= 0.6 is 28.1 Å². The van der Waals surface area contributed by atoms with Gasteiger partial charge in [0.25, 0.3) is 5.91 Å². The normalized spacial score (nSPS) is 10.2. The molecule has 2 aromatic rings. The van der Waals surface area contributed by atoms with Crippen LogP contribution in [0.3, 0.4) is 0 Å². The molecule has 2 N–H and O–H groups in total. The molecular weight excluding hydrogens is 444 g/mol. The van der Waals surface area contributed by atoms with Crippen molar-refractivity contribution >= 4 is 44.9 Å². The lowest BCUT2D eigenvalue weighted by atomic mass is 10.2. The number of carbonyl (C=O) groups excluding carboxylic acids is 1. The zero-order valence-corrected chi connectivity index (χ0v) is 18.2. The molecular formula is C20H23BrN2O4S. The second-order valence-corrected chi connectivity index (χ2v) is 6.85. The van der Waals surface area contributed by atoms with Crippen molar-refractivity contribution in [3.05, 3.63) is 52.5 Å². The maximum atomic E-state index is 12.6. The van der Waals surface area contributed by atoms with Crippen LogP contribution in [0.15, 0.2) is 46.9 Å². The van der Waals surface area contributed by atoms with Gasteiger partial charge in [-0.25, -0.2) is 0 Å². The molecule has 6 nitrogen and oxygen atoms in total. The van der Waals surface area contributed by atoms with E-state index in [0.29, 0.717) is 49.2 Å². The van der Waals surface area contributed by atoms with Crippen molar-refractivity contribution in [1.82, 2.24) is 5.32 Å². The highest BCUT2D eigenvalue weighted by molar-refractivity contribution is 9.10. The lowest BCUT2D eigenvalue weighted by Gasteiger charge is -2.15. The predicted octanol–water partition coefficient (Wildman–Crippen LogP) is 4.39. The van der Waals surface area contributed by atoms with E-state index in [9.17, 15) is 4.79 Å². The Bertz CT molecular complexity index is 817. The second-order valence-electron chi connectivity index (χ2n) is 5.52. The zero-order valence-electron chi connectivity index (χ0n) is 15.8. The van der Waals surface area contributed by atoms with Gasteiger partial charge in [0.2, 0.25) is 0 Å². The third-order valence-corrected chi connectivity index (χ3v) is 4.24. The Kier molecular flexibility index (Phi) is 9.19. The number of amides is 1. The molecule has 0 radical (unpaired) electrons. The van der Waals surface area contributed by atoms with Gasteiger partial charge in [-0.1, -0.05) is 28.1 Å². The Balaban J connectivity index is 2.03. The first kappa shape index (κ1) is 22.1. The van der Waals surface area contributed by atoms with Gasteiger partial charge in [-0.05, 0) is 56.4 Å². The Morgan fingerprint density at radius 1 is 1.04 bits per heavy atom. The number of para-hydroxylation sites is 2. The predicted molar refractivity (Wildman–Crippen MR) is 117 cm³/mol. The van der Waals surface area contributed by atoms with Crippen molar-refractivity contribution in [3.8, 4) is 11.5 Å². The topological polar surface area (TPSA) is 68.8 Å². The number of thiocarbonyl (C=S) groups is 1. The highest BCUT2D eigenvalue weighted by Gasteiger charge is 2.15. The fraction of sp³-hybridized carbons (Fsp3) is 0.300. The van der Waals surface area contributed by atoms with Crippen molar-refractivity contribution in [2.24, 2.45) is 0 Å². The maximum Gasteiger partial charge on any atom is 0.261 e. The van der Waals surface area contributed by atoms with E-state index in [4.69, 9.17) is 26.4 Å². The molecule has 0 bridgehead atoms. The highest BCUT2D eigenvalue weighted by atomic mass is 79.9. The summed E-state index contributed by atoms with van der Waals surface area (Å²) in [7, 11) is 0. The molecule has 28 heavy (non-hydrogen) atoms. The third kappa shape index (κ3) is 6.78. The van der Waals surface area contributed by atoms with E-state index in [1.54, 1.807) is 12.1 Å². The molecule has 0 spiro atoms. The number of nitrogens with one attached hydrogen (secondary N) is 2. The van der Waals surface area contributed by atoms with Crippen LogP contribution in [0.5, 0.6) is 11.5 Å². The molecule has 0 saturated heterocycles. The van der Waals surface area contributed by atoms with Gasteiger partial charge >= 0.3 is 0 Å². The van der Waals surface area contributed by atoms with Crippen molar-refractivity contribution in [1.29, 1.82) is 0 Å². The van der Waals surface area contributed by atoms with E-state index >= 15 is 0 Å². The van der Waals surface area contributed by atoms with Crippen LogP contribution in [-0.2, 0) is 4.74 Å². The average molecular weight is 467 g/mol. The number of rotatable bonds is 9. The van der Waals surface area contributed by atoms with Gasteiger partial charge in [-0.2, -0.15) is 0 Å². The van der Waals surface area contributed by atoms with Crippen molar-refractivity contribution in [2.75, 3.05) is 31.7 Å². The van der Waals surface area contributed by atoms with E-state index in [1.165, 1.54) is 0 Å². The van der Waals surface area contributed by atoms with Gasteiger partial charge in [-0.15, -0.1) is 0 Å². The lowest BCUT2D eigenvalue weighted by molar-refractivity contribution is 0.0974. The summed E-state index contributed by atoms with van der Waals surface area (Å²) < 4.78 is 17.3. The Labute approximate surface area is 178 Å². The van der Waals surface area contributed by atoms with Crippen LogP contribution in [0.1, 0.15) is 24.2 Å². The molecule has 0 aromatic heterocycles. The summed E-state index contributed by atoms with van der Waals surface area (Å²) in [4.78, 5) is 12.6.